The Morgan fingerprint density at radius 3 is 2.66 bits per heavy atom. The number of nitrogen functional groups attached to an aromatic ring is 1. The van der Waals surface area contributed by atoms with Crippen LogP contribution < -0.4 is 20.3 Å². The molecule has 32 heavy (non-hydrogen) atoms. The van der Waals surface area contributed by atoms with Crippen molar-refractivity contribution in [2.45, 2.75) is 19.5 Å². The van der Waals surface area contributed by atoms with Crippen LogP contribution in [0.3, 0.4) is 0 Å². The molecule has 4 rings (SSSR count). The number of anilines is 3. The lowest BCUT2D eigenvalue weighted by Gasteiger charge is -2.17. The molecule has 3 heterocycles. The number of amides is 3. The van der Waals surface area contributed by atoms with Crippen molar-refractivity contribution >= 4 is 29.4 Å². The number of carbonyl (C=O) groups is 2. The highest BCUT2D eigenvalue weighted by Crippen LogP contribution is 2.34. The minimum absolute atomic E-state index is 0.0394. The second-order valence-corrected chi connectivity index (χ2v) is 6.74. The van der Waals surface area contributed by atoms with Crippen LogP contribution in [0.25, 0.3) is 0 Å². The first-order chi connectivity index (χ1) is 15.2. The summed E-state index contributed by atoms with van der Waals surface area (Å²) in [5.41, 5.74) is 5.34. The number of ether oxygens (including phenoxy) is 1. The van der Waals surface area contributed by atoms with Crippen LogP contribution in [0.15, 0.2) is 36.5 Å². The lowest BCUT2D eigenvalue weighted by Crippen LogP contribution is -2.33. The number of rotatable bonds is 5. The van der Waals surface area contributed by atoms with E-state index in [1.165, 1.54) is 18.3 Å². The minimum Gasteiger partial charge on any atom is -0.439 e. The summed E-state index contributed by atoms with van der Waals surface area (Å²) >= 11 is 0. The Hall–Kier alpha value is -4.16. The molecule has 0 unspecified atom stereocenters. The predicted molar refractivity (Wildman–Crippen MR) is 106 cm³/mol. The monoisotopic (exact) mass is 447 g/mol. The number of hydrogen-bond acceptors (Lipinski definition) is 7. The zero-order valence-electron chi connectivity index (χ0n) is 16.6. The number of aryl methyl sites for hydroxylation is 1. The molecule has 13 heteroatoms. The molecule has 1 saturated heterocycles. The number of aromatic amines is 1. The molecule has 166 valence electrons. The van der Waals surface area contributed by atoms with Gasteiger partial charge in [0.25, 0.3) is 5.91 Å². The molecule has 0 radical (unpaired) electrons. The molecule has 0 aliphatic carbocycles. The van der Waals surface area contributed by atoms with Crippen LogP contribution >= 0.6 is 0 Å². The fraction of sp³-hybridized carbons (Fsp3) is 0.211. The van der Waals surface area contributed by atoms with E-state index >= 15 is 0 Å². The van der Waals surface area contributed by atoms with E-state index in [4.69, 9.17) is 10.5 Å². The summed E-state index contributed by atoms with van der Waals surface area (Å²) in [6.45, 7) is 1.41. The van der Waals surface area contributed by atoms with Crippen molar-refractivity contribution in [1.29, 1.82) is 0 Å². The molecule has 10 nitrogen and oxygen atoms in total. The fourth-order valence-corrected chi connectivity index (χ4v) is 3.14. The van der Waals surface area contributed by atoms with E-state index in [1.807, 2.05) is 12.0 Å². The van der Waals surface area contributed by atoms with Crippen LogP contribution in [-0.4, -0.2) is 38.6 Å². The van der Waals surface area contributed by atoms with Crippen LogP contribution in [0.2, 0.25) is 0 Å². The van der Waals surface area contributed by atoms with Gasteiger partial charge >= 0.3 is 12.2 Å². The van der Waals surface area contributed by atoms with Crippen molar-refractivity contribution in [3.05, 3.63) is 47.8 Å². The Morgan fingerprint density at radius 2 is 2.00 bits per heavy atom. The van der Waals surface area contributed by atoms with Crippen LogP contribution in [0, 0.1) is 0 Å². The topological polar surface area (TPSA) is 130 Å². The summed E-state index contributed by atoms with van der Waals surface area (Å²) in [6.07, 6.45) is -2.72. The average molecular weight is 447 g/mol. The van der Waals surface area contributed by atoms with E-state index in [0.717, 1.165) is 9.80 Å². The number of hydrogen-bond donors (Lipinski definition) is 2. The number of nitrogens with one attached hydrogen (secondary N) is 1. The van der Waals surface area contributed by atoms with Crippen LogP contribution in [0.5, 0.6) is 11.6 Å². The van der Waals surface area contributed by atoms with Gasteiger partial charge in [-0.05, 0) is 30.2 Å². The number of H-pyrrole nitrogens is 1. The lowest BCUT2D eigenvalue weighted by atomic mass is 10.1. The number of carbonyl (C=O) groups excluding carboxylic acids is 2. The minimum atomic E-state index is -4.65. The summed E-state index contributed by atoms with van der Waals surface area (Å²) in [5, 5.41) is 5.35. The van der Waals surface area contributed by atoms with Gasteiger partial charge in [0.05, 0.1) is 5.69 Å². The van der Waals surface area contributed by atoms with Gasteiger partial charge in [-0.25, -0.2) is 14.7 Å². The van der Waals surface area contributed by atoms with E-state index in [2.05, 4.69) is 15.1 Å². The average Bonchev–Trinajstić information content (AvgIpc) is 3.33. The normalized spacial score (nSPS) is 14.4. The highest BCUT2D eigenvalue weighted by Gasteiger charge is 2.41. The number of urea groups is 1. The third-order valence-electron chi connectivity index (χ3n) is 4.66. The van der Waals surface area contributed by atoms with E-state index in [9.17, 15) is 22.8 Å². The van der Waals surface area contributed by atoms with Gasteiger partial charge < -0.3 is 10.5 Å². The first-order valence-corrected chi connectivity index (χ1v) is 9.33. The summed E-state index contributed by atoms with van der Waals surface area (Å²) in [5.74, 6) is -0.204. The molecule has 1 aliphatic rings. The Morgan fingerprint density at radius 1 is 1.22 bits per heavy atom. The number of halogens is 3. The molecule has 0 bridgehead atoms. The summed E-state index contributed by atoms with van der Waals surface area (Å²) < 4.78 is 44.2. The second kappa shape index (κ2) is 7.83. The predicted octanol–water partition coefficient (Wildman–Crippen LogP) is 3.13. The van der Waals surface area contributed by atoms with Gasteiger partial charge in [-0.2, -0.15) is 23.3 Å². The molecule has 0 saturated carbocycles. The molecule has 0 spiro atoms. The summed E-state index contributed by atoms with van der Waals surface area (Å²) in [7, 11) is 0. The number of nitrogens with two attached hydrogens (primary N) is 1. The van der Waals surface area contributed by atoms with Gasteiger partial charge in [0, 0.05) is 18.3 Å². The van der Waals surface area contributed by atoms with E-state index in [-0.39, 0.29) is 23.3 Å². The van der Waals surface area contributed by atoms with Gasteiger partial charge in [-0.3, -0.25) is 14.8 Å². The van der Waals surface area contributed by atoms with Crippen molar-refractivity contribution in [2.24, 2.45) is 0 Å². The third kappa shape index (κ3) is 3.91. The number of imide groups is 1. The van der Waals surface area contributed by atoms with Gasteiger partial charge in [0.15, 0.2) is 5.82 Å². The Labute approximate surface area is 178 Å². The van der Waals surface area contributed by atoms with E-state index in [0.29, 0.717) is 23.8 Å². The van der Waals surface area contributed by atoms with Gasteiger partial charge in [-0.1, -0.05) is 6.92 Å². The maximum absolute atomic E-state index is 12.8. The van der Waals surface area contributed by atoms with Crippen molar-refractivity contribution in [3.63, 3.8) is 0 Å². The summed E-state index contributed by atoms with van der Waals surface area (Å²) in [6, 6.07) is 6.03. The van der Waals surface area contributed by atoms with Crippen molar-refractivity contribution in [2.75, 3.05) is 22.1 Å². The zero-order chi connectivity index (χ0) is 23.0. The maximum atomic E-state index is 12.8. The van der Waals surface area contributed by atoms with Crippen molar-refractivity contribution in [1.82, 2.24) is 20.2 Å². The van der Waals surface area contributed by atoms with Gasteiger partial charge in [-0.15, -0.1) is 0 Å². The molecule has 2 aromatic heterocycles. The smallest absolute Gasteiger partial charge is 0.432 e. The first-order valence-electron chi connectivity index (χ1n) is 9.33. The number of benzene rings is 1. The van der Waals surface area contributed by atoms with Crippen LogP contribution in [0.1, 0.15) is 18.2 Å². The maximum Gasteiger partial charge on any atom is 0.432 e. The van der Waals surface area contributed by atoms with Crippen molar-refractivity contribution in [3.8, 4) is 11.6 Å². The van der Waals surface area contributed by atoms with Crippen LogP contribution in [0.4, 0.5) is 35.4 Å². The standard InChI is InChI=1S/C19H16F3N7O3/c1-2-10-7-11(3-4-12(10)32-15-5-6-24-17(23)25-15)29-16(30)9-28(18(29)31)14-8-13(26-27-14)19(20,21)22/h3-8H,2,9H2,1H3,(H,26,27)(H2,23,24,25). The van der Waals surface area contributed by atoms with E-state index < -0.39 is 30.4 Å². The number of aromatic nitrogens is 4. The Bertz CT molecular complexity index is 1190. The van der Waals surface area contributed by atoms with Gasteiger partial charge in [0.2, 0.25) is 11.8 Å². The number of alkyl halides is 3. The molecule has 1 fully saturated rings. The van der Waals surface area contributed by atoms with Crippen LogP contribution in [-0.2, 0) is 17.4 Å². The summed E-state index contributed by atoms with van der Waals surface area (Å²) in [4.78, 5) is 34.8. The highest BCUT2D eigenvalue weighted by molar-refractivity contribution is 6.26. The molecule has 0 atom stereocenters. The molecule has 3 aromatic rings. The number of nitrogens with zero attached hydrogens (tertiary/aromatic N) is 5. The van der Waals surface area contributed by atoms with Crippen molar-refractivity contribution < 1.29 is 27.5 Å². The Balaban J connectivity index is 1.59. The quantitative estimate of drug-likeness (QED) is 0.575. The molecule has 3 N–H and O–H groups in total. The molecule has 1 aliphatic heterocycles. The third-order valence-corrected chi connectivity index (χ3v) is 4.66. The molecule has 1 aromatic carbocycles. The highest BCUT2D eigenvalue weighted by atomic mass is 19.4. The second-order valence-electron chi connectivity index (χ2n) is 6.74. The SMILES string of the molecule is CCc1cc(N2C(=O)CN(c3cc(C(F)(F)F)[nH]n3)C2=O)ccc1Oc1ccnc(N)n1. The largest absolute Gasteiger partial charge is 0.439 e. The van der Waals surface area contributed by atoms with Gasteiger partial charge in [0.1, 0.15) is 18.0 Å². The van der Waals surface area contributed by atoms with E-state index in [1.54, 1.807) is 12.1 Å². The Kier molecular flexibility index (Phi) is 5.16. The lowest BCUT2D eigenvalue weighted by molar-refractivity contribution is -0.141. The first kappa shape index (κ1) is 21.1. The molecule has 3 amide bonds. The molecular weight excluding hydrogens is 431 g/mol. The fourth-order valence-electron chi connectivity index (χ4n) is 3.14. The molecular formula is C19H16F3N7O3. The zero-order valence-corrected chi connectivity index (χ0v) is 16.6.